The third-order valence-electron chi connectivity index (χ3n) is 10.3. The van der Waals surface area contributed by atoms with Gasteiger partial charge >= 0.3 is 0 Å². The fraction of sp³-hybridized carbons (Fsp3) is 0.365. The molecule has 1 N–H and O–H groups in total. The molecule has 8 heteroatoms. The summed E-state index contributed by atoms with van der Waals surface area (Å²) in [6, 6.07) is 27.5. The summed E-state index contributed by atoms with van der Waals surface area (Å²) in [5.41, 5.74) is 8.74. The zero-order valence-corrected chi connectivity index (χ0v) is 40.6. The number of aromatic nitrogens is 2. The molecular formula is C52H62F2IrN2O2Si-2. The van der Waals surface area contributed by atoms with E-state index < -0.39 is 26.3 Å². The number of nitrogens with zero attached hydrogens (tertiary/aromatic N) is 2. The van der Waals surface area contributed by atoms with E-state index >= 15 is 0 Å². The number of hydrogen-bond donors (Lipinski definition) is 1. The summed E-state index contributed by atoms with van der Waals surface area (Å²) < 4.78 is 58.3. The topological polar surface area (TPSA) is 63.1 Å². The molecule has 1 radical (unpaired) electrons. The van der Waals surface area contributed by atoms with Gasteiger partial charge in [0.15, 0.2) is 5.78 Å². The smallest absolute Gasteiger partial charge is 0.246 e. The van der Waals surface area contributed by atoms with Crippen LogP contribution in [-0.2, 0) is 24.9 Å². The van der Waals surface area contributed by atoms with Crippen molar-refractivity contribution >= 4 is 40.6 Å². The van der Waals surface area contributed by atoms with Crippen molar-refractivity contribution < 1.29 is 44.3 Å². The number of aliphatic hydroxyl groups excluding tert-OH is 1. The maximum atomic E-state index is 12.9. The van der Waals surface area contributed by atoms with Gasteiger partial charge in [-0.1, -0.05) is 115 Å². The van der Waals surface area contributed by atoms with Crippen molar-refractivity contribution in [3.63, 3.8) is 0 Å². The molecule has 6 aromatic rings. The minimum absolute atomic E-state index is 0. The van der Waals surface area contributed by atoms with Crippen LogP contribution in [0.1, 0.15) is 86.7 Å². The number of aliphatic hydroxyl groups is 1. The van der Waals surface area contributed by atoms with Gasteiger partial charge in [-0.15, -0.1) is 69.8 Å². The van der Waals surface area contributed by atoms with Gasteiger partial charge < -0.3 is 15.1 Å². The van der Waals surface area contributed by atoms with Crippen LogP contribution in [0.3, 0.4) is 0 Å². The van der Waals surface area contributed by atoms with Gasteiger partial charge in [0.05, 0.1) is 19.3 Å². The molecule has 0 aliphatic rings. The maximum Gasteiger partial charge on any atom is 0.246 e. The number of rotatable bonds is 11. The number of ketones is 1. The van der Waals surface area contributed by atoms with Crippen LogP contribution in [0.2, 0.25) is 19.6 Å². The van der Waals surface area contributed by atoms with Gasteiger partial charge in [-0.05, 0) is 78.1 Å². The van der Waals surface area contributed by atoms with Crippen LogP contribution in [0.5, 0.6) is 0 Å². The third kappa shape index (κ3) is 14.1. The number of alkyl halides is 2. The third-order valence-corrected chi connectivity index (χ3v) is 12.3. The Morgan fingerprint density at radius 2 is 1.22 bits per heavy atom. The van der Waals surface area contributed by atoms with Crippen molar-refractivity contribution in [3.05, 3.63) is 137 Å². The fourth-order valence-corrected chi connectivity index (χ4v) is 8.28. The average Bonchev–Trinajstić information content (AvgIpc) is 3.19. The van der Waals surface area contributed by atoms with E-state index in [-0.39, 0.29) is 62.0 Å². The number of fused-ring (bicyclic) bond motifs is 2. The van der Waals surface area contributed by atoms with Gasteiger partial charge in [0.1, 0.15) is 0 Å². The first-order valence-corrected chi connectivity index (χ1v) is 24.0. The largest absolute Gasteiger partial charge is 0.512 e. The zero-order valence-electron chi connectivity index (χ0n) is 41.2. The Balaban J connectivity index is 0.000000256. The molecule has 0 aliphatic carbocycles. The van der Waals surface area contributed by atoms with Crippen LogP contribution < -0.4 is 5.19 Å². The standard InChI is InChI=1S/C20H22NSi.C18H16N.C14H24F2O2.Ir/c1-14-10-15(2)12-17(11-14)20-19-7-6-18(22(3,4)5)13-16(19)8-9-21-20;1-12-4-5-17-15(9-12)6-7-19-18(17)16-10-13(2)8-14(3)11-16;1-5-10(6-2)12(17)8-13(18)11(7-3)9-14(4,15)16;/h6-11,13H,1-5H3;4-10H,1-3H3;8,10-11,18H,5-7,9H2,1-4H3;/q2*-1;;/b;;13-8-;/i8D,9D;6D,7D;;. The molecule has 0 spiro atoms. The second-order valence-corrected chi connectivity index (χ2v) is 21.9. The molecule has 0 saturated carbocycles. The number of hydrogen-bond acceptors (Lipinski definition) is 4. The van der Waals surface area contributed by atoms with Crippen molar-refractivity contribution in [2.75, 3.05) is 0 Å². The SMILES string of the molecule is CCC(CC)C(=O)/C=C(\O)C(CC)CC(C)(F)F.[2H]c1nc(-c2[c-]c(C)cc(C)c2)c2ccc(C)cc2c1[2H].[2H]c1nc(-c2[c-]c(C)cc(C)c2)c2ccc([Si](C)(C)C)cc2c1[2H].[Ir]. The summed E-state index contributed by atoms with van der Waals surface area (Å²) in [5.74, 6) is -4.00. The summed E-state index contributed by atoms with van der Waals surface area (Å²) in [5, 5.41) is 14.5. The van der Waals surface area contributed by atoms with E-state index in [0.29, 0.717) is 19.3 Å². The average molecular weight is 1010 g/mol. The van der Waals surface area contributed by atoms with Crippen molar-refractivity contribution in [2.24, 2.45) is 11.8 Å². The van der Waals surface area contributed by atoms with Crippen LogP contribution >= 0.6 is 0 Å². The van der Waals surface area contributed by atoms with Crippen LogP contribution in [0.25, 0.3) is 44.1 Å². The Bertz CT molecular complexity index is 2600. The normalized spacial score (nSPS) is 13.2. The molecule has 321 valence electrons. The van der Waals surface area contributed by atoms with E-state index in [9.17, 15) is 18.7 Å². The number of carbonyl (C=O) groups is 1. The number of carbonyl (C=O) groups excluding carboxylic acids is 1. The maximum absolute atomic E-state index is 12.9. The van der Waals surface area contributed by atoms with Gasteiger partial charge in [0.25, 0.3) is 0 Å². The van der Waals surface area contributed by atoms with Crippen molar-refractivity contribution in [2.45, 2.75) is 114 Å². The number of benzene rings is 4. The fourth-order valence-electron chi connectivity index (χ4n) is 7.12. The molecule has 0 fully saturated rings. The Hall–Kier alpha value is -4.36. The molecule has 4 aromatic carbocycles. The van der Waals surface area contributed by atoms with Crippen LogP contribution in [-0.4, -0.2) is 34.9 Å². The first kappa shape index (κ1) is 43.7. The quantitative estimate of drug-likeness (QED) is 0.0608. The molecule has 0 bridgehead atoms. The van der Waals surface area contributed by atoms with Gasteiger partial charge in [-0.3, -0.25) is 4.79 Å². The number of allylic oxidation sites excluding steroid dienone is 2. The molecule has 2 heterocycles. The summed E-state index contributed by atoms with van der Waals surface area (Å²) in [6.45, 7) is 23.3. The van der Waals surface area contributed by atoms with E-state index in [1.165, 1.54) is 5.19 Å². The number of pyridine rings is 2. The first-order chi connectivity index (χ1) is 29.4. The molecule has 1 unspecified atom stereocenters. The molecule has 0 saturated heterocycles. The molecule has 1 atom stereocenters. The monoisotopic (exact) mass is 1010 g/mol. The van der Waals surface area contributed by atoms with Crippen molar-refractivity contribution in [1.82, 2.24) is 9.97 Å². The molecule has 2 aromatic heterocycles. The predicted molar refractivity (Wildman–Crippen MR) is 248 cm³/mol. The summed E-state index contributed by atoms with van der Waals surface area (Å²) in [7, 11) is -1.48. The first-order valence-electron chi connectivity index (χ1n) is 22.5. The van der Waals surface area contributed by atoms with E-state index in [2.05, 4.69) is 79.0 Å². The van der Waals surface area contributed by atoms with E-state index in [0.717, 1.165) is 84.9 Å². The number of halogens is 2. The molecule has 0 aliphatic heterocycles. The minimum atomic E-state index is -2.83. The number of aryl methyl sites for hydroxylation is 5. The molecule has 6 rings (SSSR count). The van der Waals surface area contributed by atoms with Gasteiger partial charge in [0, 0.05) is 56.8 Å². The summed E-state index contributed by atoms with van der Waals surface area (Å²) in [6.07, 6.45) is 2.52. The van der Waals surface area contributed by atoms with Crippen LogP contribution in [0.15, 0.2) is 96.9 Å². The second-order valence-electron chi connectivity index (χ2n) is 16.8. The van der Waals surface area contributed by atoms with Gasteiger partial charge in [-0.2, -0.15) is 0 Å². The van der Waals surface area contributed by atoms with Gasteiger partial charge in [0.2, 0.25) is 5.92 Å². The van der Waals surface area contributed by atoms with E-state index in [1.54, 1.807) is 6.92 Å². The Labute approximate surface area is 378 Å². The van der Waals surface area contributed by atoms with E-state index in [1.807, 2.05) is 71.9 Å². The Kier molecular flexibility index (Phi) is 16.0. The Morgan fingerprint density at radius 3 is 1.65 bits per heavy atom. The second kappa shape index (κ2) is 21.9. The Morgan fingerprint density at radius 1 is 0.750 bits per heavy atom. The van der Waals surface area contributed by atoms with Crippen molar-refractivity contribution in [1.29, 1.82) is 0 Å². The summed E-state index contributed by atoms with van der Waals surface area (Å²) >= 11 is 0. The van der Waals surface area contributed by atoms with Crippen LogP contribution in [0.4, 0.5) is 8.78 Å². The van der Waals surface area contributed by atoms with Crippen LogP contribution in [0, 0.1) is 58.6 Å². The zero-order chi connectivity index (χ0) is 47.1. The van der Waals surface area contributed by atoms with Gasteiger partial charge in [-0.25, -0.2) is 8.78 Å². The molecular weight excluding hydrogens is 943 g/mol. The molecule has 0 amide bonds. The van der Waals surface area contributed by atoms with Crippen molar-refractivity contribution in [3.8, 4) is 22.5 Å². The minimum Gasteiger partial charge on any atom is -0.512 e. The van der Waals surface area contributed by atoms with E-state index in [4.69, 9.17) is 5.48 Å². The molecule has 4 nitrogen and oxygen atoms in total. The molecule has 60 heavy (non-hydrogen) atoms. The summed E-state index contributed by atoms with van der Waals surface area (Å²) in [4.78, 5) is 20.5. The predicted octanol–water partition coefficient (Wildman–Crippen LogP) is 14.0.